The van der Waals surface area contributed by atoms with E-state index in [9.17, 15) is 18.4 Å². The summed E-state index contributed by atoms with van der Waals surface area (Å²) in [6, 6.07) is 14.2. The van der Waals surface area contributed by atoms with Crippen molar-refractivity contribution in [3.05, 3.63) is 71.5 Å². The van der Waals surface area contributed by atoms with Gasteiger partial charge in [0, 0.05) is 12.1 Å². The lowest BCUT2D eigenvalue weighted by atomic mass is 10.2. The monoisotopic (exact) mass is 389 g/mol. The molecule has 6 nitrogen and oxygen atoms in total. The smallest absolute Gasteiger partial charge is 0.255 e. The third kappa shape index (κ3) is 5.11. The second kappa shape index (κ2) is 9.38. The molecule has 2 aromatic rings. The van der Waals surface area contributed by atoms with Crippen LogP contribution in [0.3, 0.4) is 0 Å². The predicted molar refractivity (Wildman–Crippen MR) is 98.9 cm³/mol. The van der Waals surface area contributed by atoms with Crippen LogP contribution in [0.2, 0.25) is 0 Å². The van der Waals surface area contributed by atoms with E-state index in [-0.39, 0.29) is 31.2 Å². The van der Waals surface area contributed by atoms with Gasteiger partial charge in [0.25, 0.3) is 11.8 Å². The van der Waals surface area contributed by atoms with Gasteiger partial charge in [-0.3, -0.25) is 14.5 Å². The Labute approximate surface area is 161 Å². The average molecular weight is 389 g/mol. The lowest BCUT2D eigenvalue weighted by Gasteiger charge is -2.36. The van der Waals surface area contributed by atoms with Crippen molar-refractivity contribution in [2.45, 2.75) is 12.5 Å². The van der Waals surface area contributed by atoms with E-state index in [4.69, 9.17) is 4.74 Å². The molecule has 1 fully saturated rings. The van der Waals surface area contributed by atoms with E-state index in [1.807, 2.05) is 0 Å². The molecule has 1 aliphatic heterocycles. The van der Waals surface area contributed by atoms with Crippen molar-refractivity contribution < 1.29 is 23.1 Å². The number of nitrogens with one attached hydrogen (secondary N) is 2. The van der Waals surface area contributed by atoms with Crippen LogP contribution in [0.5, 0.6) is 0 Å². The normalized spacial score (nSPS) is 18.3. The van der Waals surface area contributed by atoms with Crippen molar-refractivity contribution in [1.82, 2.24) is 15.5 Å². The van der Waals surface area contributed by atoms with E-state index in [0.29, 0.717) is 12.1 Å². The third-order valence-electron chi connectivity index (χ3n) is 4.40. The summed E-state index contributed by atoms with van der Waals surface area (Å²) in [7, 11) is 0. The van der Waals surface area contributed by atoms with Crippen LogP contribution in [0.25, 0.3) is 0 Å². The van der Waals surface area contributed by atoms with Gasteiger partial charge in [0.05, 0.1) is 25.3 Å². The minimum absolute atomic E-state index is 0.0284. The SMILES string of the molecule is O=C(NCC(NC(=O)c1ccccc1F)N1CCOC(F)C1)c1ccccc1. The van der Waals surface area contributed by atoms with Crippen LogP contribution >= 0.6 is 0 Å². The highest BCUT2D eigenvalue weighted by Gasteiger charge is 2.28. The maximum absolute atomic E-state index is 13.9. The molecule has 1 heterocycles. The number of benzene rings is 2. The molecule has 2 unspecified atom stereocenters. The van der Waals surface area contributed by atoms with Gasteiger partial charge < -0.3 is 15.4 Å². The zero-order valence-corrected chi connectivity index (χ0v) is 15.1. The fourth-order valence-electron chi connectivity index (χ4n) is 2.94. The summed E-state index contributed by atoms with van der Waals surface area (Å²) >= 11 is 0. The molecular weight excluding hydrogens is 368 g/mol. The van der Waals surface area contributed by atoms with E-state index < -0.39 is 24.2 Å². The second-order valence-corrected chi connectivity index (χ2v) is 6.32. The van der Waals surface area contributed by atoms with Crippen LogP contribution in [0, 0.1) is 5.82 Å². The van der Waals surface area contributed by atoms with Gasteiger partial charge in [0.1, 0.15) is 12.0 Å². The number of amides is 2. The van der Waals surface area contributed by atoms with Crippen molar-refractivity contribution in [2.75, 3.05) is 26.2 Å². The Hall–Kier alpha value is -2.84. The lowest BCUT2D eigenvalue weighted by Crippen LogP contribution is -2.58. The molecule has 8 heteroatoms. The quantitative estimate of drug-likeness (QED) is 0.792. The van der Waals surface area contributed by atoms with Crippen molar-refractivity contribution in [1.29, 1.82) is 0 Å². The molecule has 2 N–H and O–H groups in total. The van der Waals surface area contributed by atoms with Gasteiger partial charge in [-0.2, -0.15) is 0 Å². The van der Waals surface area contributed by atoms with Gasteiger partial charge in [-0.1, -0.05) is 30.3 Å². The lowest BCUT2D eigenvalue weighted by molar-refractivity contribution is -0.109. The highest BCUT2D eigenvalue weighted by molar-refractivity contribution is 5.95. The molecule has 2 aromatic carbocycles. The highest BCUT2D eigenvalue weighted by Crippen LogP contribution is 2.11. The zero-order chi connectivity index (χ0) is 19.9. The predicted octanol–water partition coefficient (Wildman–Crippen LogP) is 1.94. The number of alkyl halides is 1. The fraction of sp³-hybridized carbons (Fsp3) is 0.300. The number of halogens is 2. The molecule has 3 rings (SSSR count). The Morgan fingerprint density at radius 3 is 2.54 bits per heavy atom. The summed E-state index contributed by atoms with van der Waals surface area (Å²) in [5.41, 5.74) is 0.346. The molecule has 1 aliphatic rings. The number of nitrogens with zero attached hydrogens (tertiary/aromatic N) is 1. The van der Waals surface area contributed by atoms with Crippen molar-refractivity contribution in [3.8, 4) is 0 Å². The average Bonchev–Trinajstić information content (AvgIpc) is 2.71. The molecule has 2 amide bonds. The van der Waals surface area contributed by atoms with Crippen molar-refractivity contribution in [2.24, 2.45) is 0 Å². The Kier molecular flexibility index (Phi) is 6.67. The first-order valence-electron chi connectivity index (χ1n) is 8.93. The standard InChI is InChI=1S/C20H21F2N3O3/c21-16-9-5-4-8-15(16)20(27)24-18(25-10-11-28-17(22)13-25)12-23-19(26)14-6-2-1-3-7-14/h1-9,17-18H,10-13H2,(H,23,26)(H,24,27). The summed E-state index contributed by atoms with van der Waals surface area (Å²) in [6.45, 7) is 0.480. The fourth-order valence-corrected chi connectivity index (χ4v) is 2.94. The number of carbonyl (C=O) groups excluding carboxylic acids is 2. The molecule has 148 valence electrons. The number of rotatable bonds is 6. The number of ether oxygens (including phenoxy) is 1. The van der Waals surface area contributed by atoms with Crippen LogP contribution < -0.4 is 10.6 Å². The minimum Gasteiger partial charge on any atom is -0.349 e. The Bertz CT molecular complexity index is 819. The Morgan fingerprint density at radius 2 is 1.82 bits per heavy atom. The molecular formula is C20H21F2N3O3. The topological polar surface area (TPSA) is 70.7 Å². The highest BCUT2D eigenvalue weighted by atomic mass is 19.1. The first-order valence-corrected chi connectivity index (χ1v) is 8.93. The molecule has 0 aromatic heterocycles. The first kappa shape index (κ1) is 19.9. The number of hydrogen-bond donors (Lipinski definition) is 2. The Balaban J connectivity index is 1.70. The molecule has 1 saturated heterocycles. The van der Waals surface area contributed by atoms with Gasteiger partial charge in [0.15, 0.2) is 0 Å². The summed E-state index contributed by atoms with van der Waals surface area (Å²) < 4.78 is 32.5. The van der Waals surface area contributed by atoms with E-state index in [0.717, 1.165) is 0 Å². The Morgan fingerprint density at radius 1 is 1.11 bits per heavy atom. The van der Waals surface area contributed by atoms with Gasteiger partial charge >= 0.3 is 0 Å². The van der Waals surface area contributed by atoms with Crippen molar-refractivity contribution >= 4 is 11.8 Å². The van der Waals surface area contributed by atoms with Crippen LogP contribution in [0.4, 0.5) is 8.78 Å². The van der Waals surface area contributed by atoms with Crippen LogP contribution in [-0.2, 0) is 4.74 Å². The van der Waals surface area contributed by atoms with E-state index >= 15 is 0 Å². The summed E-state index contributed by atoms with van der Waals surface area (Å²) in [5.74, 6) is -1.62. The van der Waals surface area contributed by atoms with E-state index in [1.165, 1.54) is 18.2 Å². The molecule has 0 aliphatic carbocycles. The van der Waals surface area contributed by atoms with Crippen LogP contribution in [0.1, 0.15) is 20.7 Å². The molecule has 0 saturated carbocycles. The number of carbonyl (C=O) groups is 2. The number of morpholine rings is 1. The first-order chi connectivity index (χ1) is 13.5. The van der Waals surface area contributed by atoms with E-state index in [1.54, 1.807) is 41.3 Å². The summed E-state index contributed by atoms with van der Waals surface area (Å²) in [4.78, 5) is 26.5. The molecule has 2 atom stereocenters. The van der Waals surface area contributed by atoms with Crippen molar-refractivity contribution in [3.63, 3.8) is 0 Å². The van der Waals surface area contributed by atoms with E-state index in [2.05, 4.69) is 10.6 Å². The molecule has 28 heavy (non-hydrogen) atoms. The van der Waals surface area contributed by atoms with Gasteiger partial charge in [-0.05, 0) is 24.3 Å². The third-order valence-corrected chi connectivity index (χ3v) is 4.40. The maximum Gasteiger partial charge on any atom is 0.255 e. The largest absolute Gasteiger partial charge is 0.349 e. The van der Waals surface area contributed by atoms with Crippen LogP contribution in [-0.4, -0.2) is 55.5 Å². The zero-order valence-electron chi connectivity index (χ0n) is 15.1. The minimum atomic E-state index is -1.49. The summed E-state index contributed by atoms with van der Waals surface area (Å²) in [6.07, 6.45) is -2.21. The van der Waals surface area contributed by atoms with Crippen LogP contribution in [0.15, 0.2) is 54.6 Å². The van der Waals surface area contributed by atoms with Gasteiger partial charge in [-0.15, -0.1) is 0 Å². The maximum atomic E-state index is 13.9. The van der Waals surface area contributed by atoms with Gasteiger partial charge in [-0.25, -0.2) is 8.78 Å². The molecule has 0 radical (unpaired) electrons. The van der Waals surface area contributed by atoms with Gasteiger partial charge in [0.2, 0.25) is 6.36 Å². The second-order valence-electron chi connectivity index (χ2n) is 6.32. The number of hydrogen-bond acceptors (Lipinski definition) is 4. The summed E-state index contributed by atoms with van der Waals surface area (Å²) in [5, 5.41) is 5.41. The molecule has 0 bridgehead atoms. The molecule has 0 spiro atoms.